The van der Waals surface area contributed by atoms with Crippen LogP contribution in [0.25, 0.3) is 0 Å². The fourth-order valence-corrected chi connectivity index (χ4v) is 3.13. The molecule has 4 nitrogen and oxygen atoms in total. The molecule has 0 spiro atoms. The minimum absolute atomic E-state index is 0.184. The van der Waals surface area contributed by atoms with E-state index in [0.717, 1.165) is 37.1 Å². The summed E-state index contributed by atoms with van der Waals surface area (Å²) in [4.78, 5) is 13.3. The molecule has 1 aromatic rings. The number of halogens is 1. The van der Waals surface area contributed by atoms with E-state index in [4.69, 9.17) is 11.6 Å². The van der Waals surface area contributed by atoms with E-state index in [-0.39, 0.29) is 10.6 Å². The predicted octanol–water partition coefficient (Wildman–Crippen LogP) is 4.49. The third kappa shape index (κ3) is 3.23. The molecule has 2 rings (SSSR count). The van der Waals surface area contributed by atoms with Crippen LogP contribution in [0.3, 0.4) is 0 Å². The van der Waals surface area contributed by atoms with Gasteiger partial charge in [0.2, 0.25) is 0 Å². The van der Waals surface area contributed by atoms with Crippen LogP contribution in [0.15, 0.2) is 18.2 Å². The molecule has 0 amide bonds. The number of alkyl halides is 1. The number of benzene rings is 1. The number of anilines is 1. The number of rotatable bonds is 4. The van der Waals surface area contributed by atoms with Crippen molar-refractivity contribution in [3.63, 3.8) is 0 Å². The van der Waals surface area contributed by atoms with Gasteiger partial charge in [-0.05, 0) is 30.9 Å². The van der Waals surface area contributed by atoms with Gasteiger partial charge in [0.15, 0.2) is 0 Å². The van der Waals surface area contributed by atoms with Crippen LogP contribution >= 0.6 is 11.6 Å². The summed E-state index contributed by atoms with van der Waals surface area (Å²) in [7, 11) is 0. The van der Waals surface area contributed by atoms with Crippen LogP contribution in [-0.2, 0) is 5.88 Å². The SMILES string of the molecule is CCC1CCCCCN1c1ccc(CCl)cc1[N+](=O)[O-]. The highest BCUT2D eigenvalue weighted by molar-refractivity contribution is 6.17. The summed E-state index contributed by atoms with van der Waals surface area (Å²) in [6.07, 6.45) is 5.66. The highest BCUT2D eigenvalue weighted by Crippen LogP contribution is 2.34. The van der Waals surface area contributed by atoms with Crippen molar-refractivity contribution < 1.29 is 4.92 Å². The summed E-state index contributed by atoms with van der Waals surface area (Å²) in [6.45, 7) is 3.06. The Bertz CT molecular complexity index is 479. The summed E-state index contributed by atoms with van der Waals surface area (Å²) in [5.41, 5.74) is 1.73. The van der Waals surface area contributed by atoms with Crippen LogP contribution in [0.2, 0.25) is 0 Å². The molecule has 1 aromatic carbocycles. The summed E-state index contributed by atoms with van der Waals surface area (Å²) < 4.78 is 0. The lowest BCUT2D eigenvalue weighted by atomic mass is 10.1. The van der Waals surface area contributed by atoms with Crippen molar-refractivity contribution in [2.45, 2.75) is 50.9 Å². The fraction of sp³-hybridized carbons (Fsp3) is 0.600. The minimum Gasteiger partial charge on any atom is -0.363 e. The lowest BCUT2D eigenvalue weighted by molar-refractivity contribution is -0.384. The first-order chi connectivity index (χ1) is 9.67. The molecular formula is C15H21ClN2O2. The van der Waals surface area contributed by atoms with E-state index < -0.39 is 0 Å². The van der Waals surface area contributed by atoms with Crippen LogP contribution in [-0.4, -0.2) is 17.5 Å². The molecule has 1 aliphatic rings. The second-order valence-corrected chi connectivity index (χ2v) is 5.59. The van der Waals surface area contributed by atoms with E-state index in [2.05, 4.69) is 11.8 Å². The monoisotopic (exact) mass is 296 g/mol. The lowest BCUT2D eigenvalue weighted by Crippen LogP contribution is -2.34. The molecule has 0 radical (unpaired) electrons. The molecule has 0 aliphatic carbocycles. The van der Waals surface area contributed by atoms with Crippen molar-refractivity contribution in [2.75, 3.05) is 11.4 Å². The normalized spacial score (nSPS) is 19.7. The van der Waals surface area contributed by atoms with E-state index in [1.165, 1.54) is 12.8 Å². The smallest absolute Gasteiger partial charge is 0.292 e. The number of hydrogen-bond acceptors (Lipinski definition) is 3. The fourth-order valence-electron chi connectivity index (χ4n) is 2.96. The van der Waals surface area contributed by atoms with Crippen LogP contribution in [0.4, 0.5) is 11.4 Å². The highest BCUT2D eigenvalue weighted by Gasteiger charge is 2.26. The molecular weight excluding hydrogens is 276 g/mol. The molecule has 20 heavy (non-hydrogen) atoms. The highest BCUT2D eigenvalue weighted by atomic mass is 35.5. The Balaban J connectivity index is 2.40. The van der Waals surface area contributed by atoms with Gasteiger partial charge in [0.05, 0.1) is 4.92 Å². The van der Waals surface area contributed by atoms with Crippen LogP contribution in [0.5, 0.6) is 0 Å². The average Bonchev–Trinajstić information content (AvgIpc) is 2.71. The lowest BCUT2D eigenvalue weighted by Gasteiger charge is -2.31. The Morgan fingerprint density at radius 2 is 2.20 bits per heavy atom. The second-order valence-electron chi connectivity index (χ2n) is 5.32. The molecule has 5 heteroatoms. The van der Waals surface area contributed by atoms with Gasteiger partial charge in [0, 0.05) is 24.5 Å². The molecule has 110 valence electrons. The third-order valence-corrected chi connectivity index (χ3v) is 4.36. The maximum atomic E-state index is 11.3. The number of nitro groups is 1. The first kappa shape index (κ1) is 15.1. The van der Waals surface area contributed by atoms with Crippen molar-refractivity contribution in [3.8, 4) is 0 Å². The summed E-state index contributed by atoms with van der Waals surface area (Å²) >= 11 is 5.79. The quantitative estimate of drug-likeness (QED) is 0.467. The Morgan fingerprint density at radius 1 is 1.40 bits per heavy atom. The maximum Gasteiger partial charge on any atom is 0.292 e. The molecule has 1 atom stereocenters. The van der Waals surface area contributed by atoms with E-state index in [0.29, 0.717) is 11.9 Å². The zero-order chi connectivity index (χ0) is 14.5. The Hall–Kier alpha value is -1.29. The largest absolute Gasteiger partial charge is 0.363 e. The van der Waals surface area contributed by atoms with E-state index in [9.17, 15) is 10.1 Å². The zero-order valence-electron chi connectivity index (χ0n) is 11.8. The van der Waals surface area contributed by atoms with Gasteiger partial charge in [0.25, 0.3) is 5.69 Å². The average molecular weight is 297 g/mol. The molecule has 1 saturated heterocycles. The van der Waals surface area contributed by atoms with Gasteiger partial charge < -0.3 is 4.90 Å². The molecule has 0 bridgehead atoms. The Labute approximate surface area is 124 Å². The third-order valence-electron chi connectivity index (χ3n) is 4.05. The first-order valence-corrected chi connectivity index (χ1v) is 7.80. The van der Waals surface area contributed by atoms with Crippen LogP contribution < -0.4 is 4.90 Å². The van der Waals surface area contributed by atoms with Crippen molar-refractivity contribution in [3.05, 3.63) is 33.9 Å². The van der Waals surface area contributed by atoms with Gasteiger partial charge in [-0.2, -0.15) is 0 Å². The minimum atomic E-state index is -0.289. The van der Waals surface area contributed by atoms with Gasteiger partial charge >= 0.3 is 0 Å². The van der Waals surface area contributed by atoms with Crippen molar-refractivity contribution in [1.29, 1.82) is 0 Å². The van der Waals surface area contributed by atoms with Crippen molar-refractivity contribution >= 4 is 23.0 Å². The molecule has 0 saturated carbocycles. The number of nitrogens with zero attached hydrogens (tertiary/aromatic N) is 2. The molecule has 1 aliphatic heterocycles. The Morgan fingerprint density at radius 3 is 2.85 bits per heavy atom. The molecule has 1 unspecified atom stereocenters. The van der Waals surface area contributed by atoms with Gasteiger partial charge in [0.1, 0.15) is 5.69 Å². The van der Waals surface area contributed by atoms with Crippen LogP contribution in [0.1, 0.15) is 44.6 Å². The molecule has 1 fully saturated rings. The van der Waals surface area contributed by atoms with E-state index >= 15 is 0 Å². The number of hydrogen-bond donors (Lipinski definition) is 0. The summed E-state index contributed by atoms with van der Waals surface area (Å²) in [5, 5.41) is 11.3. The zero-order valence-corrected chi connectivity index (χ0v) is 12.6. The van der Waals surface area contributed by atoms with E-state index in [1.807, 2.05) is 12.1 Å². The van der Waals surface area contributed by atoms with Gasteiger partial charge in [-0.3, -0.25) is 10.1 Å². The summed E-state index contributed by atoms with van der Waals surface area (Å²) in [6, 6.07) is 5.77. The Kier molecular flexibility index (Phi) is 5.24. The van der Waals surface area contributed by atoms with Gasteiger partial charge in [-0.25, -0.2) is 0 Å². The molecule has 1 heterocycles. The molecule has 0 N–H and O–H groups in total. The predicted molar refractivity (Wildman–Crippen MR) is 82.5 cm³/mol. The standard InChI is InChI=1S/C15H21ClN2O2/c1-2-13-6-4-3-5-9-17(13)14-8-7-12(11-16)10-15(14)18(19)20/h7-8,10,13H,2-6,9,11H2,1H3. The molecule has 0 aromatic heterocycles. The van der Waals surface area contributed by atoms with Gasteiger partial charge in [-0.1, -0.05) is 25.8 Å². The topological polar surface area (TPSA) is 46.4 Å². The van der Waals surface area contributed by atoms with Gasteiger partial charge in [-0.15, -0.1) is 11.6 Å². The summed E-state index contributed by atoms with van der Waals surface area (Å²) in [5.74, 6) is 0.304. The number of nitro benzene ring substituents is 1. The second kappa shape index (κ2) is 6.93. The van der Waals surface area contributed by atoms with Crippen molar-refractivity contribution in [2.24, 2.45) is 0 Å². The van der Waals surface area contributed by atoms with Crippen molar-refractivity contribution in [1.82, 2.24) is 0 Å². The first-order valence-electron chi connectivity index (χ1n) is 7.27. The van der Waals surface area contributed by atoms with E-state index in [1.54, 1.807) is 6.07 Å². The van der Waals surface area contributed by atoms with Crippen LogP contribution in [0, 0.1) is 10.1 Å². The maximum absolute atomic E-state index is 11.3.